The highest BCUT2D eigenvalue weighted by Crippen LogP contribution is 2.42. The molecular formula is C25H35NO3. The summed E-state index contributed by atoms with van der Waals surface area (Å²) in [7, 11) is 0. The van der Waals surface area contributed by atoms with E-state index in [-0.39, 0.29) is 11.9 Å². The minimum absolute atomic E-state index is 0.0173. The fraction of sp³-hybridized carbons (Fsp3) is 0.680. The van der Waals surface area contributed by atoms with Crippen molar-refractivity contribution in [3.05, 3.63) is 28.6 Å². The van der Waals surface area contributed by atoms with Crippen molar-refractivity contribution in [2.45, 2.75) is 92.0 Å². The van der Waals surface area contributed by atoms with Gasteiger partial charge in [0.1, 0.15) is 0 Å². The van der Waals surface area contributed by atoms with E-state index < -0.39 is 11.4 Å². The van der Waals surface area contributed by atoms with Crippen LogP contribution in [0.2, 0.25) is 0 Å². The van der Waals surface area contributed by atoms with Gasteiger partial charge in [0.25, 0.3) is 0 Å². The molecule has 2 fully saturated rings. The monoisotopic (exact) mass is 397 g/mol. The molecule has 0 aromatic carbocycles. The Morgan fingerprint density at radius 2 is 1.93 bits per heavy atom. The number of ether oxygens (including phenoxy) is 2. The van der Waals surface area contributed by atoms with E-state index in [9.17, 15) is 4.79 Å². The fourth-order valence-electron chi connectivity index (χ4n) is 4.29. The molecule has 29 heavy (non-hydrogen) atoms. The van der Waals surface area contributed by atoms with Gasteiger partial charge in [-0.05, 0) is 62.0 Å². The van der Waals surface area contributed by atoms with Crippen LogP contribution in [0.4, 0.5) is 0 Å². The zero-order valence-corrected chi connectivity index (χ0v) is 19.0. The maximum absolute atomic E-state index is 13.1. The van der Waals surface area contributed by atoms with Crippen molar-refractivity contribution >= 4 is 5.97 Å². The molecule has 4 heteroatoms. The molecule has 1 aliphatic carbocycles. The molecular weight excluding hydrogens is 362 g/mol. The Bertz CT molecular complexity index is 842. The van der Waals surface area contributed by atoms with Crippen molar-refractivity contribution in [1.29, 1.82) is 0 Å². The minimum atomic E-state index is -1.01. The lowest BCUT2D eigenvalue weighted by molar-refractivity contribution is -0.174. The van der Waals surface area contributed by atoms with Crippen LogP contribution >= 0.6 is 0 Å². The van der Waals surface area contributed by atoms with E-state index in [1.165, 1.54) is 12.8 Å². The molecule has 1 aliphatic heterocycles. The Kier molecular flexibility index (Phi) is 6.11. The van der Waals surface area contributed by atoms with Crippen LogP contribution in [0.3, 0.4) is 0 Å². The normalized spacial score (nSPS) is 24.2. The van der Waals surface area contributed by atoms with Crippen molar-refractivity contribution in [1.82, 2.24) is 4.98 Å². The molecule has 4 nitrogen and oxygen atoms in total. The standard InChI is InChI=1S/C25H35NO3/c1-16(2)13-18(4)25(23(27)28-24(6,7)29-25)14-22-19(5)21(17(3)15-26-22)10-8-9-20-11-12-20/h15-16,18,20H,9,11-14H2,1-7H3/t18-,25+/m0/s1. The molecule has 0 N–H and O–H groups in total. The summed E-state index contributed by atoms with van der Waals surface area (Å²) in [5.41, 5.74) is 3.02. The summed E-state index contributed by atoms with van der Waals surface area (Å²) < 4.78 is 11.9. The van der Waals surface area contributed by atoms with Gasteiger partial charge in [0.05, 0.1) is 0 Å². The molecule has 0 unspecified atom stereocenters. The van der Waals surface area contributed by atoms with Crippen LogP contribution in [0.15, 0.2) is 6.20 Å². The van der Waals surface area contributed by atoms with Crippen LogP contribution in [0, 0.1) is 43.4 Å². The number of aryl methyl sites for hydroxylation is 1. The van der Waals surface area contributed by atoms with Gasteiger partial charge in [-0.1, -0.05) is 32.6 Å². The summed E-state index contributed by atoms with van der Waals surface area (Å²) >= 11 is 0. The van der Waals surface area contributed by atoms with Gasteiger partial charge in [-0.2, -0.15) is 0 Å². The van der Waals surface area contributed by atoms with Crippen LogP contribution in [-0.4, -0.2) is 22.3 Å². The van der Waals surface area contributed by atoms with Gasteiger partial charge in [0.2, 0.25) is 5.79 Å². The highest BCUT2D eigenvalue weighted by atomic mass is 16.8. The van der Waals surface area contributed by atoms with E-state index in [4.69, 9.17) is 14.5 Å². The minimum Gasteiger partial charge on any atom is -0.431 e. The number of aromatic nitrogens is 1. The molecule has 3 rings (SSSR count). The number of pyridine rings is 1. The van der Waals surface area contributed by atoms with Crippen LogP contribution in [0.25, 0.3) is 0 Å². The number of esters is 1. The molecule has 0 spiro atoms. The van der Waals surface area contributed by atoms with Crippen molar-refractivity contribution < 1.29 is 14.3 Å². The quantitative estimate of drug-likeness (QED) is 0.494. The summed E-state index contributed by atoms with van der Waals surface area (Å²) in [5, 5.41) is 0. The Morgan fingerprint density at radius 3 is 2.48 bits per heavy atom. The first-order chi connectivity index (χ1) is 13.5. The predicted octanol–water partition coefficient (Wildman–Crippen LogP) is 5.12. The smallest absolute Gasteiger partial charge is 0.341 e. The summed E-state index contributed by atoms with van der Waals surface area (Å²) in [5.74, 6) is 6.78. The van der Waals surface area contributed by atoms with Gasteiger partial charge in [-0.3, -0.25) is 4.98 Å². The first kappa shape index (κ1) is 21.8. The molecule has 158 valence electrons. The second-order valence-electron chi connectivity index (χ2n) is 9.83. The lowest BCUT2D eigenvalue weighted by Gasteiger charge is -2.33. The molecule has 1 aromatic heterocycles. The molecule has 2 atom stereocenters. The maximum Gasteiger partial charge on any atom is 0.341 e. The first-order valence-corrected chi connectivity index (χ1v) is 10.9. The topological polar surface area (TPSA) is 48.4 Å². The number of rotatable bonds is 6. The van der Waals surface area contributed by atoms with Crippen LogP contribution in [0.5, 0.6) is 0 Å². The summed E-state index contributed by atoms with van der Waals surface area (Å²) in [6.45, 7) is 14.1. The third-order valence-corrected chi connectivity index (χ3v) is 6.08. The Balaban J connectivity index is 1.95. The number of carbonyl (C=O) groups is 1. The van der Waals surface area contributed by atoms with E-state index in [0.29, 0.717) is 12.3 Å². The molecule has 2 heterocycles. The van der Waals surface area contributed by atoms with Gasteiger partial charge in [-0.15, -0.1) is 0 Å². The maximum atomic E-state index is 13.1. The highest BCUT2D eigenvalue weighted by molar-refractivity contribution is 5.82. The van der Waals surface area contributed by atoms with Crippen molar-refractivity contribution in [3.63, 3.8) is 0 Å². The molecule has 2 aliphatic rings. The predicted molar refractivity (Wildman–Crippen MR) is 114 cm³/mol. The van der Waals surface area contributed by atoms with Gasteiger partial charge in [-0.25, -0.2) is 4.79 Å². The Morgan fingerprint density at radius 1 is 1.24 bits per heavy atom. The molecule has 1 saturated heterocycles. The zero-order chi connectivity index (χ0) is 21.4. The SMILES string of the molecule is Cc1cnc(C[C@]2([C@@H](C)CC(C)C)OC(C)(C)OC2=O)c(C)c1C#CCC1CC1. The number of hydrogen-bond acceptors (Lipinski definition) is 4. The lowest BCUT2D eigenvalue weighted by atomic mass is 9.79. The van der Waals surface area contributed by atoms with E-state index in [0.717, 1.165) is 41.1 Å². The van der Waals surface area contributed by atoms with Gasteiger partial charge in [0, 0.05) is 44.1 Å². The second kappa shape index (κ2) is 8.11. The zero-order valence-electron chi connectivity index (χ0n) is 19.0. The highest BCUT2D eigenvalue weighted by Gasteiger charge is 2.57. The van der Waals surface area contributed by atoms with Gasteiger partial charge in [0.15, 0.2) is 5.60 Å². The van der Waals surface area contributed by atoms with Gasteiger partial charge >= 0.3 is 5.97 Å². The molecule has 0 bridgehead atoms. The summed E-state index contributed by atoms with van der Waals surface area (Å²) in [6.07, 6.45) is 6.74. The van der Waals surface area contributed by atoms with Crippen molar-refractivity contribution in [2.75, 3.05) is 0 Å². The van der Waals surface area contributed by atoms with E-state index >= 15 is 0 Å². The van der Waals surface area contributed by atoms with Gasteiger partial charge < -0.3 is 9.47 Å². The molecule has 1 saturated carbocycles. The molecule has 0 radical (unpaired) electrons. The largest absolute Gasteiger partial charge is 0.431 e. The van der Waals surface area contributed by atoms with Crippen molar-refractivity contribution in [2.24, 2.45) is 17.8 Å². The fourth-order valence-corrected chi connectivity index (χ4v) is 4.29. The first-order valence-electron chi connectivity index (χ1n) is 10.9. The molecule has 1 aromatic rings. The van der Waals surface area contributed by atoms with E-state index in [2.05, 4.69) is 39.5 Å². The van der Waals surface area contributed by atoms with Crippen LogP contribution in [-0.2, 0) is 20.7 Å². The Hall–Kier alpha value is -1.86. The number of hydrogen-bond donors (Lipinski definition) is 0. The lowest BCUT2D eigenvalue weighted by Crippen LogP contribution is -2.47. The molecule has 0 amide bonds. The van der Waals surface area contributed by atoms with Crippen molar-refractivity contribution in [3.8, 4) is 11.8 Å². The third kappa shape index (κ3) is 4.83. The summed E-state index contributed by atoms with van der Waals surface area (Å²) in [4.78, 5) is 17.7. The van der Waals surface area contributed by atoms with E-state index in [1.807, 2.05) is 13.1 Å². The van der Waals surface area contributed by atoms with E-state index in [1.54, 1.807) is 13.8 Å². The third-order valence-electron chi connectivity index (χ3n) is 6.08. The summed E-state index contributed by atoms with van der Waals surface area (Å²) in [6, 6.07) is 0. The number of nitrogens with zero attached hydrogens (tertiary/aromatic N) is 1. The average molecular weight is 398 g/mol. The Labute approximate surface area is 175 Å². The average Bonchev–Trinajstić information content (AvgIpc) is 3.38. The second-order valence-corrected chi connectivity index (χ2v) is 9.83. The van der Waals surface area contributed by atoms with Crippen LogP contribution < -0.4 is 0 Å². The number of carbonyl (C=O) groups excluding carboxylic acids is 1. The van der Waals surface area contributed by atoms with Crippen LogP contribution in [0.1, 0.15) is 82.7 Å². The number of cyclic esters (lactones) is 1.